The van der Waals surface area contributed by atoms with Crippen molar-refractivity contribution < 1.29 is 9.21 Å². The first-order valence-corrected chi connectivity index (χ1v) is 6.80. The molecule has 0 atom stereocenters. The van der Waals surface area contributed by atoms with E-state index in [2.05, 4.69) is 31.8 Å². The smallest absolute Gasteiger partial charge is 0.259 e. The number of amides is 1. The van der Waals surface area contributed by atoms with Gasteiger partial charge in [-0.15, -0.1) is 0 Å². The molecule has 0 unspecified atom stereocenters. The van der Waals surface area contributed by atoms with Crippen molar-refractivity contribution in [1.29, 1.82) is 0 Å². The number of benzene rings is 1. The fraction of sp³-hybridized carbons (Fsp3) is 0.143. The summed E-state index contributed by atoms with van der Waals surface area (Å²) in [6.07, 6.45) is 1.44. The second-order valence-electron chi connectivity index (χ2n) is 4.15. The van der Waals surface area contributed by atoms with Crippen LogP contribution in [0.1, 0.15) is 11.3 Å². The van der Waals surface area contributed by atoms with Gasteiger partial charge in [0.15, 0.2) is 4.67 Å². The van der Waals surface area contributed by atoms with E-state index in [0.29, 0.717) is 10.4 Å². The van der Waals surface area contributed by atoms with E-state index in [1.165, 1.54) is 11.8 Å². The highest BCUT2D eigenvalue weighted by Crippen LogP contribution is 2.12. The Hall–Kier alpha value is -2.08. The molecule has 0 aliphatic rings. The summed E-state index contributed by atoms with van der Waals surface area (Å²) < 4.78 is 5.82. The molecule has 0 aliphatic heterocycles. The summed E-state index contributed by atoms with van der Waals surface area (Å²) in [5.41, 5.74) is 4.48. The number of carbonyl (C=O) groups is 1. The summed E-state index contributed by atoms with van der Waals surface area (Å²) >= 11 is 3.18. The van der Waals surface area contributed by atoms with Crippen molar-refractivity contribution in [2.24, 2.45) is 5.10 Å². The molecule has 5 nitrogen and oxygen atoms in total. The first kappa shape index (κ1) is 14.3. The molecule has 1 aromatic carbocycles. The third-order valence-corrected chi connectivity index (χ3v) is 2.91. The molecule has 20 heavy (non-hydrogen) atoms. The molecule has 0 aliphatic carbocycles. The highest BCUT2D eigenvalue weighted by atomic mass is 79.9. The minimum atomic E-state index is -0.229. The second kappa shape index (κ2) is 6.91. The van der Waals surface area contributed by atoms with Crippen molar-refractivity contribution in [2.75, 3.05) is 11.9 Å². The number of rotatable bonds is 5. The lowest BCUT2D eigenvalue weighted by Gasteiger charge is -2.05. The summed E-state index contributed by atoms with van der Waals surface area (Å²) in [5, 5.41) is 6.81. The van der Waals surface area contributed by atoms with Crippen molar-refractivity contribution >= 4 is 33.7 Å². The van der Waals surface area contributed by atoms with Gasteiger partial charge in [-0.1, -0.05) is 17.7 Å². The number of halogens is 1. The fourth-order valence-electron chi connectivity index (χ4n) is 1.46. The zero-order valence-electron chi connectivity index (χ0n) is 10.9. The molecule has 6 heteroatoms. The van der Waals surface area contributed by atoms with Gasteiger partial charge < -0.3 is 9.73 Å². The average Bonchev–Trinajstić information content (AvgIpc) is 2.84. The van der Waals surface area contributed by atoms with E-state index in [0.717, 1.165) is 5.69 Å². The molecule has 1 heterocycles. The van der Waals surface area contributed by atoms with Gasteiger partial charge in [-0.3, -0.25) is 4.79 Å². The van der Waals surface area contributed by atoms with Crippen LogP contribution in [0.4, 0.5) is 5.69 Å². The van der Waals surface area contributed by atoms with Crippen molar-refractivity contribution in [1.82, 2.24) is 5.43 Å². The van der Waals surface area contributed by atoms with Crippen LogP contribution in [0.25, 0.3) is 0 Å². The number of hydrogen-bond acceptors (Lipinski definition) is 4. The Bertz CT molecular complexity index is 605. The zero-order chi connectivity index (χ0) is 14.4. The van der Waals surface area contributed by atoms with Crippen LogP contribution < -0.4 is 10.7 Å². The highest BCUT2D eigenvalue weighted by molar-refractivity contribution is 9.10. The van der Waals surface area contributed by atoms with Gasteiger partial charge in [0.1, 0.15) is 5.76 Å². The summed E-state index contributed by atoms with van der Waals surface area (Å²) in [6.45, 7) is 2.17. The number of carbonyl (C=O) groups excluding carboxylic acids is 1. The van der Waals surface area contributed by atoms with Crippen molar-refractivity contribution in [3.05, 3.63) is 52.4 Å². The van der Waals surface area contributed by atoms with E-state index in [9.17, 15) is 4.79 Å². The number of anilines is 1. The van der Waals surface area contributed by atoms with Crippen LogP contribution in [0, 0.1) is 6.92 Å². The lowest BCUT2D eigenvalue weighted by Crippen LogP contribution is -2.25. The summed E-state index contributed by atoms with van der Waals surface area (Å²) in [5.74, 6) is 0.330. The Labute approximate surface area is 125 Å². The van der Waals surface area contributed by atoms with E-state index in [1.807, 2.05) is 31.2 Å². The molecule has 0 fully saturated rings. The van der Waals surface area contributed by atoms with E-state index < -0.39 is 0 Å². The van der Waals surface area contributed by atoms with Gasteiger partial charge in [-0.05, 0) is 47.1 Å². The standard InChI is InChI=1S/C14H14BrN3O2/c1-10-2-4-11(5-3-10)16-9-14(19)18-17-8-12-6-7-13(15)20-12/h2-8,16H,9H2,1H3,(H,18,19)/b17-8+. The topological polar surface area (TPSA) is 66.6 Å². The average molecular weight is 336 g/mol. The van der Waals surface area contributed by atoms with E-state index in [4.69, 9.17) is 4.42 Å². The van der Waals surface area contributed by atoms with Gasteiger partial charge in [0.2, 0.25) is 0 Å². The quantitative estimate of drug-likeness (QED) is 0.652. The lowest BCUT2D eigenvalue weighted by atomic mass is 10.2. The molecule has 2 rings (SSSR count). The van der Waals surface area contributed by atoms with Crippen LogP contribution >= 0.6 is 15.9 Å². The van der Waals surface area contributed by atoms with Crippen LogP contribution in [0.5, 0.6) is 0 Å². The number of nitrogens with one attached hydrogen (secondary N) is 2. The van der Waals surface area contributed by atoms with Crippen LogP contribution in [-0.2, 0) is 4.79 Å². The number of aryl methyl sites for hydroxylation is 1. The Morgan fingerprint density at radius 1 is 1.30 bits per heavy atom. The maximum Gasteiger partial charge on any atom is 0.259 e. The Kier molecular flexibility index (Phi) is 4.95. The predicted molar refractivity (Wildman–Crippen MR) is 81.8 cm³/mol. The van der Waals surface area contributed by atoms with Gasteiger partial charge in [-0.2, -0.15) is 5.10 Å². The molecule has 0 saturated carbocycles. The van der Waals surface area contributed by atoms with Gasteiger partial charge in [-0.25, -0.2) is 5.43 Å². The van der Waals surface area contributed by atoms with Crippen LogP contribution in [0.2, 0.25) is 0 Å². The summed E-state index contributed by atoms with van der Waals surface area (Å²) in [4.78, 5) is 11.6. The number of nitrogens with zero attached hydrogens (tertiary/aromatic N) is 1. The minimum absolute atomic E-state index is 0.155. The SMILES string of the molecule is Cc1ccc(NCC(=O)N/N=C/c2ccc(Br)o2)cc1. The third-order valence-electron chi connectivity index (χ3n) is 2.48. The lowest BCUT2D eigenvalue weighted by molar-refractivity contribution is -0.119. The van der Waals surface area contributed by atoms with E-state index in [1.54, 1.807) is 12.1 Å². The van der Waals surface area contributed by atoms with Crippen molar-refractivity contribution in [3.63, 3.8) is 0 Å². The summed E-state index contributed by atoms with van der Waals surface area (Å²) in [7, 11) is 0. The van der Waals surface area contributed by atoms with Crippen LogP contribution in [0.15, 0.2) is 50.6 Å². The molecule has 0 radical (unpaired) electrons. The molecule has 0 saturated heterocycles. The van der Waals surface area contributed by atoms with Crippen molar-refractivity contribution in [2.45, 2.75) is 6.92 Å². The Morgan fingerprint density at radius 3 is 2.70 bits per heavy atom. The van der Waals surface area contributed by atoms with Gasteiger partial charge in [0.25, 0.3) is 5.91 Å². The zero-order valence-corrected chi connectivity index (χ0v) is 12.5. The molecule has 104 valence electrons. The molecule has 1 aromatic heterocycles. The fourth-order valence-corrected chi connectivity index (χ4v) is 1.78. The number of hydrogen-bond donors (Lipinski definition) is 2. The number of hydrazone groups is 1. The first-order chi connectivity index (χ1) is 9.63. The molecule has 2 aromatic rings. The molecule has 1 amide bonds. The normalized spacial score (nSPS) is 10.7. The van der Waals surface area contributed by atoms with Crippen LogP contribution in [0.3, 0.4) is 0 Å². The third kappa shape index (κ3) is 4.55. The van der Waals surface area contributed by atoms with Gasteiger partial charge >= 0.3 is 0 Å². The molecular formula is C14H14BrN3O2. The minimum Gasteiger partial charge on any atom is -0.448 e. The largest absolute Gasteiger partial charge is 0.448 e. The Balaban J connectivity index is 1.75. The molecular weight excluding hydrogens is 322 g/mol. The monoisotopic (exact) mass is 335 g/mol. The first-order valence-electron chi connectivity index (χ1n) is 6.01. The molecule has 0 bridgehead atoms. The number of furan rings is 1. The molecule has 2 N–H and O–H groups in total. The van der Waals surface area contributed by atoms with Gasteiger partial charge in [0, 0.05) is 5.69 Å². The predicted octanol–water partition coefficient (Wildman–Crippen LogP) is 2.91. The van der Waals surface area contributed by atoms with E-state index >= 15 is 0 Å². The van der Waals surface area contributed by atoms with Gasteiger partial charge in [0.05, 0.1) is 12.8 Å². The van der Waals surface area contributed by atoms with E-state index in [-0.39, 0.29) is 12.5 Å². The summed E-state index contributed by atoms with van der Waals surface area (Å²) in [6, 6.07) is 11.3. The maximum absolute atomic E-state index is 11.6. The molecule has 0 spiro atoms. The Morgan fingerprint density at radius 2 is 2.05 bits per heavy atom. The van der Waals surface area contributed by atoms with Crippen molar-refractivity contribution in [3.8, 4) is 0 Å². The highest BCUT2D eigenvalue weighted by Gasteiger charge is 2.00. The maximum atomic E-state index is 11.6. The van der Waals surface area contributed by atoms with Crippen LogP contribution in [-0.4, -0.2) is 18.7 Å². The second-order valence-corrected chi connectivity index (χ2v) is 4.94.